The van der Waals surface area contributed by atoms with Crippen molar-refractivity contribution < 1.29 is 4.79 Å². The number of hydrogen-bond donors (Lipinski definition) is 1. The number of amides is 1. The van der Waals surface area contributed by atoms with E-state index in [4.69, 9.17) is 0 Å². The Morgan fingerprint density at radius 2 is 1.94 bits per heavy atom. The minimum Gasteiger partial charge on any atom is -0.311 e. The quantitative estimate of drug-likeness (QED) is 0.864. The van der Waals surface area contributed by atoms with Gasteiger partial charge in [0.25, 0.3) is 0 Å². The van der Waals surface area contributed by atoms with Crippen molar-refractivity contribution in [2.75, 3.05) is 18.0 Å². The molecule has 4 heteroatoms. The van der Waals surface area contributed by atoms with Crippen molar-refractivity contribution in [1.82, 2.24) is 5.32 Å². The maximum absolute atomic E-state index is 12.4. The van der Waals surface area contributed by atoms with Crippen LogP contribution in [0.4, 0.5) is 5.69 Å². The van der Waals surface area contributed by atoms with Crippen LogP contribution in [0.5, 0.6) is 0 Å². The van der Waals surface area contributed by atoms with Gasteiger partial charge < -0.3 is 10.2 Å². The monoisotopic (exact) mass is 296 g/mol. The van der Waals surface area contributed by atoms with Gasteiger partial charge in [-0.3, -0.25) is 4.79 Å². The zero-order valence-electron chi connectivity index (χ0n) is 10.2. The molecule has 1 aliphatic heterocycles. The van der Waals surface area contributed by atoms with E-state index in [-0.39, 0.29) is 5.91 Å². The number of rotatable bonds is 1. The molecule has 1 fully saturated rings. The van der Waals surface area contributed by atoms with Crippen LogP contribution in [0.25, 0.3) is 0 Å². The van der Waals surface area contributed by atoms with Crippen molar-refractivity contribution in [3.63, 3.8) is 0 Å². The molecule has 0 radical (unpaired) electrons. The van der Waals surface area contributed by atoms with Crippen LogP contribution >= 0.6 is 15.9 Å². The Morgan fingerprint density at radius 1 is 1.29 bits per heavy atom. The second kappa shape index (κ2) is 4.78. The van der Waals surface area contributed by atoms with Gasteiger partial charge in [0.15, 0.2) is 0 Å². The lowest BCUT2D eigenvalue weighted by Gasteiger charge is -2.29. The summed E-state index contributed by atoms with van der Waals surface area (Å²) < 4.78 is 1.03. The molecule has 0 atom stereocenters. The number of anilines is 1. The van der Waals surface area contributed by atoms with E-state index in [2.05, 4.69) is 21.2 Å². The molecule has 0 saturated carbocycles. The maximum Gasteiger partial charge on any atom is 0.246 e. The van der Waals surface area contributed by atoms with E-state index < -0.39 is 5.54 Å². The second-order valence-corrected chi connectivity index (χ2v) is 5.75. The van der Waals surface area contributed by atoms with Crippen molar-refractivity contribution in [3.05, 3.63) is 28.7 Å². The van der Waals surface area contributed by atoms with Crippen molar-refractivity contribution in [3.8, 4) is 0 Å². The third-order valence-corrected chi connectivity index (χ3v) is 3.57. The fourth-order valence-electron chi connectivity index (χ4n) is 2.02. The Bertz CT molecular complexity index is 414. The first-order valence-corrected chi connectivity index (χ1v) is 6.62. The molecule has 1 N–H and O–H groups in total. The highest BCUT2D eigenvalue weighted by Gasteiger charge is 2.34. The van der Waals surface area contributed by atoms with Crippen molar-refractivity contribution in [2.45, 2.75) is 25.8 Å². The number of carbonyl (C=O) groups excluding carboxylic acids is 1. The van der Waals surface area contributed by atoms with E-state index in [1.54, 1.807) is 0 Å². The largest absolute Gasteiger partial charge is 0.311 e. The van der Waals surface area contributed by atoms with E-state index in [0.29, 0.717) is 0 Å². The molecule has 92 valence electrons. The Hall–Kier alpha value is -0.870. The minimum absolute atomic E-state index is 0.136. The minimum atomic E-state index is -0.483. The molecule has 1 aromatic rings. The number of nitrogens with one attached hydrogen (secondary N) is 1. The molecule has 17 heavy (non-hydrogen) atoms. The lowest BCUT2D eigenvalue weighted by atomic mass is 10.0. The predicted molar refractivity (Wildman–Crippen MR) is 73.2 cm³/mol. The first-order chi connectivity index (χ1) is 8.00. The van der Waals surface area contributed by atoms with Gasteiger partial charge in [0.05, 0.1) is 5.54 Å². The molecular weight excluding hydrogens is 280 g/mol. The summed E-state index contributed by atoms with van der Waals surface area (Å²) in [6.07, 6.45) is 0.977. The Balaban J connectivity index is 2.30. The molecule has 0 aliphatic carbocycles. The van der Waals surface area contributed by atoms with Gasteiger partial charge >= 0.3 is 0 Å². The molecule has 2 rings (SSSR count). The highest BCUT2D eigenvalue weighted by Crippen LogP contribution is 2.23. The van der Waals surface area contributed by atoms with Gasteiger partial charge in [-0.1, -0.05) is 15.9 Å². The number of benzene rings is 1. The molecule has 1 aliphatic rings. The Morgan fingerprint density at radius 3 is 2.59 bits per heavy atom. The molecular formula is C13H17BrN2O. The van der Waals surface area contributed by atoms with Gasteiger partial charge in [0.2, 0.25) is 5.91 Å². The average molecular weight is 297 g/mol. The molecule has 1 aromatic carbocycles. The van der Waals surface area contributed by atoms with Crippen LogP contribution in [0.3, 0.4) is 0 Å². The number of carbonyl (C=O) groups is 1. The Kier molecular flexibility index (Phi) is 3.54. The molecule has 3 nitrogen and oxygen atoms in total. The molecule has 1 heterocycles. The van der Waals surface area contributed by atoms with Crippen molar-refractivity contribution in [2.24, 2.45) is 0 Å². The van der Waals surface area contributed by atoms with E-state index in [0.717, 1.165) is 29.7 Å². The zero-order valence-corrected chi connectivity index (χ0v) is 11.8. The standard InChI is InChI=1S/C13H17BrN2O/c1-13(2)12(17)16(9-3-8-15-13)11-6-4-10(14)5-7-11/h4-7,15H,3,8-9H2,1-2H3. The SMILES string of the molecule is CC1(C)NCCCN(c2ccc(Br)cc2)C1=O. The van der Waals surface area contributed by atoms with Gasteiger partial charge in [-0.25, -0.2) is 0 Å². The molecule has 0 spiro atoms. The maximum atomic E-state index is 12.4. The predicted octanol–water partition coefficient (Wildman–Crippen LogP) is 2.55. The summed E-state index contributed by atoms with van der Waals surface area (Å²) in [6, 6.07) is 7.88. The summed E-state index contributed by atoms with van der Waals surface area (Å²) in [5.41, 5.74) is 0.485. The van der Waals surface area contributed by atoms with Gasteiger partial charge in [-0.15, -0.1) is 0 Å². The van der Waals surface area contributed by atoms with Crippen LogP contribution in [-0.2, 0) is 4.79 Å². The smallest absolute Gasteiger partial charge is 0.246 e. The third-order valence-electron chi connectivity index (χ3n) is 3.04. The fourth-order valence-corrected chi connectivity index (χ4v) is 2.28. The van der Waals surface area contributed by atoms with Crippen molar-refractivity contribution in [1.29, 1.82) is 0 Å². The second-order valence-electron chi connectivity index (χ2n) is 4.84. The van der Waals surface area contributed by atoms with Gasteiger partial charge in [0.1, 0.15) is 0 Å². The topological polar surface area (TPSA) is 32.3 Å². The fraction of sp³-hybridized carbons (Fsp3) is 0.462. The van der Waals surface area contributed by atoms with Crippen LogP contribution in [0.2, 0.25) is 0 Å². The summed E-state index contributed by atoms with van der Waals surface area (Å²) in [5, 5.41) is 3.28. The van der Waals surface area contributed by atoms with Crippen LogP contribution in [-0.4, -0.2) is 24.5 Å². The van der Waals surface area contributed by atoms with Crippen LogP contribution in [0.15, 0.2) is 28.7 Å². The van der Waals surface area contributed by atoms with E-state index >= 15 is 0 Å². The molecule has 0 unspecified atom stereocenters. The van der Waals surface area contributed by atoms with Crippen molar-refractivity contribution >= 4 is 27.5 Å². The molecule has 0 aromatic heterocycles. The summed E-state index contributed by atoms with van der Waals surface area (Å²) in [6.45, 7) is 5.53. The number of halogens is 1. The van der Waals surface area contributed by atoms with Crippen LogP contribution in [0.1, 0.15) is 20.3 Å². The first-order valence-electron chi connectivity index (χ1n) is 5.83. The summed E-state index contributed by atoms with van der Waals surface area (Å²) in [4.78, 5) is 14.3. The molecule has 1 amide bonds. The summed E-state index contributed by atoms with van der Waals surface area (Å²) in [7, 11) is 0. The van der Waals surface area contributed by atoms with Crippen LogP contribution < -0.4 is 10.2 Å². The van der Waals surface area contributed by atoms with Crippen LogP contribution in [0, 0.1) is 0 Å². The zero-order chi connectivity index (χ0) is 12.5. The lowest BCUT2D eigenvalue weighted by Crippen LogP contribution is -2.51. The highest BCUT2D eigenvalue weighted by atomic mass is 79.9. The van der Waals surface area contributed by atoms with Gasteiger partial charge in [0, 0.05) is 16.7 Å². The number of nitrogens with zero attached hydrogens (tertiary/aromatic N) is 1. The molecule has 1 saturated heterocycles. The normalized spacial score (nSPS) is 20.2. The van der Waals surface area contributed by atoms with E-state index in [9.17, 15) is 4.79 Å². The summed E-state index contributed by atoms with van der Waals surface area (Å²) >= 11 is 3.41. The lowest BCUT2D eigenvalue weighted by molar-refractivity contribution is -0.123. The van der Waals surface area contributed by atoms with Gasteiger partial charge in [-0.05, 0) is 51.1 Å². The third kappa shape index (κ3) is 2.69. The van der Waals surface area contributed by atoms with E-state index in [1.165, 1.54) is 0 Å². The Labute approximate surface area is 110 Å². The van der Waals surface area contributed by atoms with E-state index in [1.807, 2.05) is 43.0 Å². The summed E-state index contributed by atoms with van der Waals surface area (Å²) in [5.74, 6) is 0.136. The highest BCUT2D eigenvalue weighted by molar-refractivity contribution is 9.10. The first kappa shape index (κ1) is 12.6. The van der Waals surface area contributed by atoms with Gasteiger partial charge in [-0.2, -0.15) is 0 Å². The average Bonchev–Trinajstić information content (AvgIpc) is 2.41. The number of hydrogen-bond acceptors (Lipinski definition) is 2. The molecule has 0 bridgehead atoms.